The van der Waals surface area contributed by atoms with E-state index in [1.165, 1.54) is 19.4 Å². The number of nitrogens with zero attached hydrogens (tertiary/aromatic N) is 2. The second-order valence-corrected chi connectivity index (χ2v) is 5.38. The lowest BCUT2D eigenvalue weighted by Gasteiger charge is -2.18. The number of unbranched alkanes of at least 4 members (excludes halogenated alkanes) is 1. The van der Waals surface area contributed by atoms with Crippen LogP contribution in [0.25, 0.3) is 0 Å². The molecule has 0 bridgehead atoms. The van der Waals surface area contributed by atoms with Crippen LogP contribution >= 0.6 is 24.0 Å². The van der Waals surface area contributed by atoms with E-state index < -0.39 is 0 Å². The summed E-state index contributed by atoms with van der Waals surface area (Å²) in [5, 5.41) is 6.68. The first-order valence-corrected chi connectivity index (χ1v) is 9.09. The molecule has 7 heteroatoms. The monoisotopic (exact) mass is 458 g/mol. The van der Waals surface area contributed by atoms with Crippen molar-refractivity contribution in [3.05, 3.63) is 0 Å². The summed E-state index contributed by atoms with van der Waals surface area (Å²) in [6.07, 6.45) is 3.32. The second kappa shape index (κ2) is 20.9. The van der Waals surface area contributed by atoms with Gasteiger partial charge in [0, 0.05) is 33.4 Å². The molecule has 0 atom stereocenters. The molecule has 0 amide bonds. The van der Waals surface area contributed by atoms with Crippen LogP contribution < -0.4 is 10.6 Å². The highest BCUT2D eigenvalue weighted by atomic mass is 127. The molecule has 146 valence electrons. The molecule has 24 heavy (non-hydrogen) atoms. The number of halogens is 1. The summed E-state index contributed by atoms with van der Waals surface area (Å²) in [6, 6.07) is 0. The minimum absolute atomic E-state index is 0. The number of rotatable bonds is 15. The van der Waals surface area contributed by atoms with Crippen LogP contribution in [0.2, 0.25) is 0 Å². The molecule has 6 nitrogen and oxygen atoms in total. The Bertz CT molecular complexity index is 277. The number of nitrogens with one attached hydrogen (secondary N) is 2. The molecule has 0 aliphatic heterocycles. The molecule has 0 aromatic heterocycles. The molecule has 0 aliphatic carbocycles. The molecule has 0 fully saturated rings. The Morgan fingerprint density at radius 2 is 1.71 bits per heavy atom. The Morgan fingerprint density at radius 1 is 0.958 bits per heavy atom. The maximum absolute atomic E-state index is 5.43. The van der Waals surface area contributed by atoms with Gasteiger partial charge in [-0.2, -0.15) is 0 Å². The summed E-state index contributed by atoms with van der Waals surface area (Å²) in [4.78, 5) is 7.03. The van der Waals surface area contributed by atoms with Gasteiger partial charge in [-0.25, -0.2) is 0 Å². The smallest absolute Gasteiger partial charge is 0.191 e. The molecule has 0 saturated carbocycles. The lowest BCUT2D eigenvalue weighted by Crippen LogP contribution is -2.38. The molecule has 0 saturated heterocycles. The Balaban J connectivity index is 0. The third kappa shape index (κ3) is 16.7. The van der Waals surface area contributed by atoms with E-state index in [0.29, 0.717) is 13.2 Å². The van der Waals surface area contributed by atoms with Gasteiger partial charge in [0.15, 0.2) is 5.96 Å². The lowest BCUT2D eigenvalue weighted by atomic mass is 10.3. The van der Waals surface area contributed by atoms with Gasteiger partial charge in [0.2, 0.25) is 0 Å². The molecule has 0 radical (unpaired) electrons. The quantitative estimate of drug-likeness (QED) is 0.171. The fourth-order valence-electron chi connectivity index (χ4n) is 2.15. The summed E-state index contributed by atoms with van der Waals surface area (Å²) in [7, 11) is 1.68. The third-order valence-electron chi connectivity index (χ3n) is 3.58. The largest absolute Gasteiger partial charge is 0.382 e. The molecular formula is C17H39IN4O2. The molecule has 0 spiro atoms. The summed E-state index contributed by atoms with van der Waals surface area (Å²) in [6.45, 7) is 14.7. The second-order valence-electron chi connectivity index (χ2n) is 5.38. The van der Waals surface area contributed by atoms with E-state index in [1.54, 1.807) is 7.11 Å². The average Bonchev–Trinajstić information content (AvgIpc) is 2.57. The van der Waals surface area contributed by atoms with E-state index in [9.17, 15) is 0 Å². The number of ether oxygens (including phenoxy) is 2. The molecule has 0 aliphatic rings. The summed E-state index contributed by atoms with van der Waals surface area (Å²) in [5.41, 5.74) is 0. The summed E-state index contributed by atoms with van der Waals surface area (Å²) < 4.78 is 10.4. The molecule has 0 aromatic rings. The number of methoxy groups -OCH3 is 1. The van der Waals surface area contributed by atoms with Crippen molar-refractivity contribution in [1.82, 2.24) is 15.5 Å². The first-order valence-electron chi connectivity index (χ1n) is 9.09. The lowest BCUT2D eigenvalue weighted by molar-refractivity contribution is 0.0702. The maximum Gasteiger partial charge on any atom is 0.191 e. The van der Waals surface area contributed by atoms with Gasteiger partial charge < -0.3 is 25.0 Å². The highest BCUT2D eigenvalue weighted by Crippen LogP contribution is 1.94. The molecule has 0 aromatic carbocycles. The minimum atomic E-state index is 0. The Labute approximate surface area is 166 Å². The van der Waals surface area contributed by atoms with Gasteiger partial charge in [-0.1, -0.05) is 13.8 Å². The van der Waals surface area contributed by atoms with E-state index in [2.05, 4.69) is 41.3 Å². The number of hydrogen-bond donors (Lipinski definition) is 2. The summed E-state index contributed by atoms with van der Waals surface area (Å²) >= 11 is 0. The van der Waals surface area contributed by atoms with Gasteiger partial charge in [0.1, 0.15) is 0 Å². The van der Waals surface area contributed by atoms with E-state index in [1.807, 2.05) is 0 Å². The van der Waals surface area contributed by atoms with Gasteiger partial charge in [0.05, 0.1) is 13.2 Å². The van der Waals surface area contributed by atoms with Crippen LogP contribution in [0.15, 0.2) is 4.99 Å². The van der Waals surface area contributed by atoms with Gasteiger partial charge in [-0.05, 0) is 45.8 Å². The fraction of sp³-hybridized carbons (Fsp3) is 0.941. The molecule has 0 unspecified atom stereocenters. The standard InChI is InChI=1S/C17H38N4O2.HI/c1-5-18-17(20-12-10-14-23-16-15-22-4)19-11-8-9-13-21(6-2)7-3;/h5-16H2,1-4H3,(H2,18,19,20);1H. The first-order chi connectivity index (χ1) is 11.3. The van der Waals surface area contributed by atoms with Crippen molar-refractivity contribution in [2.75, 3.05) is 66.2 Å². The zero-order chi connectivity index (χ0) is 17.2. The maximum atomic E-state index is 5.43. The van der Waals surface area contributed by atoms with Crippen molar-refractivity contribution < 1.29 is 9.47 Å². The van der Waals surface area contributed by atoms with Crippen molar-refractivity contribution in [2.24, 2.45) is 4.99 Å². The first kappa shape index (κ1) is 26.1. The number of hydrogen-bond acceptors (Lipinski definition) is 4. The number of aliphatic imine (C=N–C) groups is 1. The minimum Gasteiger partial charge on any atom is -0.382 e. The zero-order valence-electron chi connectivity index (χ0n) is 16.1. The van der Waals surface area contributed by atoms with Crippen LogP contribution in [0.5, 0.6) is 0 Å². The molecular weight excluding hydrogens is 419 g/mol. The van der Waals surface area contributed by atoms with Crippen LogP contribution in [0.4, 0.5) is 0 Å². The van der Waals surface area contributed by atoms with Crippen molar-refractivity contribution in [2.45, 2.75) is 40.0 Å². The summed E-state index contributed by atoms with van der Waals surface area (Å²) in [5.74, 6) is 0.909. The van der Waals surface area contributed by atoms with E-state index >= 15 is 0 Å². The molecule has 0 rings (SSSR count). The highest BCUT2D eigenvalue weighted by molar-refractivity contribution is 14.0. The van der Waals surface area contributed by atoms with Gasteiger partial charge in [-0.15, -0.1) is 24.0 Å². The fourth-order valence-corrected chi connectivity index (χ4v) is 2.15. The van der Waals surface area contributed by atoms with E-state index in [4.69, 9.17) is 9.47 Å². The Hall–Kier alpha value is -0.120. The van der Waals surface area contributed by atoms with Crippen molar-refractivity contribution in [1.29, 1.82) is 0 Å². The van der Waals surface area contributed by atoms with Crippen molar-refractivity contribution in [3.8, 4) is 0 Å². The van der Waals surface area contributed by atoms with Crippen LogP contribution in [-0.4, -0.2) is 77.1 Å². The predicted molar refractivity (Wildman–Crippen MR) is 114 cm³/mol. The molecule has 2 N–H and O–H groups in total. The van der Waals surface area contributed by atoms with Crippen LogP contribution in [0, 0.1) is 0 Å². The Kier molecular flexibility index (Phi) is 22.8. The SMILES string of the molecule is CCNC(=NCCCOCCOC)NCCCCN(CC)CC.I. The average molecular weight is 458 g/mol. The van der Waals surface area contributed by atoms with Crippen LogP contribution in [0.3, 0.4) is 0 Å². The molecule has 0 heterocycles. The van der Waals surface area contributed by atoms with Crippen molar-refractivity contribution in [3.63, 3.8) is 0 Å². The van der Waals surface area contributed by atoms with Crippen LogP contribution in [-0.2, 0) is 9.47 Å². The third-order valence-corrected chi connectivity index (χ3v) is 3.58. The normalized spacial score (nSPS) is 11.5. The number of guanidine groups is 1. The van der Waals surface area contributed by atoms with E-state index in [0.717, 1.165) is 51.7 Å². The highest BCUT2D eigenvalue weighted by Gasteiger charge is 1.99. The van der Waals surface area contributed by atoms with E-state index in [-0.39, 0.29) is 24.0 Å². The topological polar surface area (TPSA) is 58.1 Å². The predicted octanol–water partition coefficient (Wildman–Crippen LogP) is 2.33. The zero-order valence-corrected chi connectivity index (χ0v) is 18.4. The Morgan fingerprint density at radius 3 is 2.33 bits per heavy atom. The van der Waals surface area contributed by atoms with Gasteiger partial charge in [0.25, 0.3) is 0 Å². The van der Waals surface area contributed by atoms with Gasteiger partial charge >= 0.3 is 0 Å². The van der Waals surface area contributed by atoms with Crippen LogP contribution in [0.1, 0.15) is 40.0 Å². The van der Waals surface area contributed by atoms with Gasteiger partial charge in [-0.3, -0.25) is 4.99 Å². The van der Waals surface area contributed by atoms with Crippen molar-refractivity contribution >= 4 is 29.9 Å².